The maximum absolute atomic E-state index is 11.0. The molecule has 11 heavy (non-hydrogen) atoms. The van der Waals surface area contributed by atoms with Crippen LogP contribution >= 0.6 is 0 Å². The number of hydrogen-bond acceptors (Lipinski definition) is 2. The number of carbonyl (C=O) groups is 1. The number of carbonyl (C=O) groups excluding carboxylic acids is 1. The van der Waals surface area contributed by atoms with Gasteiger partial charge in [0.2, 0.25) is 0 Å². The van der Waals surface area contributed by atoms with Crippen molar-refractivity contribution < 1.29 is 9.53 Å². The van der Waals surface area contributed by atoms with Crippen LogP contribution in [0.3, 0.4) is 0 Å². The van der Waals surface area contributed by atoms with E-state index in [9.17, 15) is 4.79 Å². The van der Waals surface area contributed by atoms with Crippen molar-refractivity contribution in [3.05, 3.63) is 0 Å². The highest BCUT2D eigenvalue weighted by molar-refractivity contribution is 5.70. The van der Waals surface area contributed by atoms with Crippen molar-refractivity contribution in [1.29, 1.82) is 0 Å². The zero-order chi connectivity index (χ0) is 7.84. The molecule has 1 aliphatic heterocycles. The number of hydrogen-bond donors (Lipinski definition) is 0. The van der Waals surface area contributed by atoms with Gasteiger partial charge in [0.15, 0.2) is 0 Å². The fraction of sp³-hybridized carbons (Fsp3) is 0.889. The molecular formula is C9H14O2. The number of ether oxygens (including phenoxy) is 1. The van der Waals surface area contributed by atoms with Crippen LogP contribution < -0.4 is 0 Å². The van der Waals surface area contributed by atoms with Crippen LogP contribution in [0.2, 0.25) is 0 Å². The average molecular weight is 154 g/mol. The predicted octanol–water partition coefficient (Wildman–Crippen LogP) is 1.74. The summed E-state index contributed by atoms with van der Waals surface area (Å²) >= 11 is 0. The standard InChI is InChI=1S/C9H14O2/c1-6-7-2-4-8(6)11-9(10)5-3-7/h6-8H,2-5H2,1H3/t6-,7+,8+/m1/s1. The van der Waals surface area contributed by atoms with Gasteiger partial charge >= 0.3 is 5.97 Å². The Bertz CT molecular complexity index is 176. The summed E-state index contributed by atoms with van der Waals surface area (Å²) in [5.41, 5.74) is 0. The van der Waals surface area contributed by atoms with E-state index in [0.29, 0.717) is 12.3 Å². The van der Waals surface area contributed by atoms with E-state index in [0.717, 1.165) is 18.8 Å². The van der Waals surface area contributed by atoms with E-state index in [1.54, 1.807) is 0 Å². The second-order valence-corrected chi connectivity index (χ2v) is 3.76. The third-order valence-electron chi connectivity index (χ3n) is 3.15. The van der Waals surface area contributed by atoms with Gasteiger partial charge in [0.05, 0.1) is 0 Å². The summed E-state index contributed by atoms with van der Waals surface area (Å²) < 4.78 is 5.28. The molecule has 1 saturated heterocycles. The fourth-order valence-electron chi connectivity index (χ4n) is 2.31. The zero-order valence-electron chi connectivity index (χ0n) is 6.88. The Morgan fingerprint density at radius 1 is 1.36 bits per heavy atom. The van der Waals surface area contributed by atoms with Crippen LogP contribution in [0.15, 0.2) is 0 Å². The highest BCUT2D eigenvalue weighted by atomic mass is 16.5. The van der Waals surface area contributed by atoms with Crippen molar-refractivity contribution in [2.75, 3.05) is 0 Å². The lowest BCUT2D eigenvalue weighted by Crippen LogP contribution is -2.18. The molecule has 0 amide bonds. The van der Waals surface area contributed by atoms with E-state index >= 15 is 0 Å². The summed E-state index contributed by atoms with van der Waals surface area (Å²) in [5.74, 6) is 1.39. The number of fused-ring (bicyclic) bond motifs is 2. The first-order valence-electron chi connectivity index (χ1n) is 4.47. The van der Waals surface area contributed by atoms with Gasteiger partial charge in [-0.3, -0.25) is 4.79 Å². The van der Waals surface area contributed by atoms with Crippen molar-refractivity contribution in [3.63, 3.8) is 0 Å². The van der Waals surface area contributed by atoms with E-state index < -0.39 is 0 Å². The molecule has 2 bridgehead atoms. The second kappa shape index (κ2) is 2.50. The van der Waals surface area contributed by atoms with Crippen molar-refractivity contribution in [2.45, 2.75) is 38.7 Å². The van der Waals surface area contributed by atoms with Crippen molar-refractivity contribution in [1.82, 2.24) is 0 Å². The normalized spacial score (nSPS) is 43.4. The summed E-state index contributed by atoms with van der Waals surface area (Å²) in [4.78, 5) is 11.0. The van der Waals surface area contributed by atoms with Crippen LogP contribution in [0.25, 0.3) is 0 Å². The van der Waals surface area contributed by atoms with Gasteiger partial charge in [-0.1, -0.05) is 6.92 Å². The van der Waals surface area contributed by atoms with Gasteiger partial charge in [-0.25, -0.2) is 0 Å². The van der Waals surface area contributed by atoms with Crippen LogP contribution in [0, 0.1) is 11.8 Å². The Balaban J connectivity index is 2.13. The van der Waals surface area contributed by atoms with Gasteiger partial charge in [0.1, 0.15) is 6.10 Å². The molecule has 2 nitrogen and oxygen atoms in total. The van der Waals surface area contributed by atoms with Crippen molar-refractivity contribution in [3.8, 4) is 0 Å². The van der Waals surface area contributed by atoms with Crippen LogP contribution in [0.4, 0.5) is 0 Å². The average Bonchev–Trinajstić information content (AvgIpc) is 2.20. The molecule has 0 aromatic heterocycles. The molecule has 2 heteroatoms. The van der Waals surface area contributed by atoms with Crippen LogP contribution in [0.1, 0.15) is 32.6 Å². The van der Waals surface area contributed by atoms with E-state index in [-0.39, 0.29) is 12.1 Å². The molecule has 0 radical (unpaired) electrons. The van der Waals surface area contributed by atoms with E-state index in [4.69, 9.17) is 4.74 Å². The van der Waals surface area contributed by atoms with Crippen LogP contribution in [-0.4, -0.2) is 12.1 Å². The molecular weight excluding hydrogens is 140 g/mol. The highest BCUT2D eigenvalue weighted by Crippen LogP contribution is 2.39. The molecule has 1 saturated carbocycles. The lowest BCUT2D eigenvalue weighted by Gasteiger charge is -2.15. The molecule has 62 valence electrons. The molecule has 2 rings (SSSR count). The van der Waals surface area contributed by atoms with Crippen LogP contribution in [0.5, 0.6) is 0 Å². The Kier molecular flexibility index (Phi) is 1.63. The molecule has 0 spiro atoms. The minimum atomic E-state index is 0.0176. The first-order chi connectivity index (χ1) is 5.27. The third-order valence-corrected chi connectivity index (χ3v) is 3.15. The molecule has 1 aliphatic carbocycles. The largest absolute Gasteiger partial charge is 0.462 e. The lowest BCUT2D eigenvalue weighted by molar-refractivity contribution is -0.149. The SMILES string of the molecule is C[C@@H]1[C@@H]2CCC(=O)O[C@H]1CC2. The summed E-state index contributed by atoms with van der Waals surface area (Å²) in [5, 5.41) is 0. The first kappa shape index (κ1) is 7.14. The Hall–Kier alpha value is -0.530. The molecule has 2 fully saturated rings. The van der Waals surface area contributed by atoms with Gasteiger partial charge < -0.3 is 4.74 Å². The maximum atomic E-state index is 11.0. The summed E-state index contributed by atoms with van der Waals surface area (Å²) in [6, 6.07) is 0. The maximum Gasteiger partial charge on any atom is 0.306 e. The first-order valence-corrected chi connectivity index (χ1v) is 4.47. The molecule has 0 aromatic carbocycles. The molecule has 0 aromatic rings. The molecule has 3 atom stereocenters. The Morgan fingerprint density at radius 3 is 3.00 bits per heavy atom. The van der Waals surface area contributed by atoms with E-state index in [1.165, 1.54) is 6.42 Å². The highest BCUT2D eigenvalue weighted by Gasteiger charge is 2.37. The Morgan fingerprint density at radius 2 is 2.18 bits per heavy atom. The molecule has 0 unspecified atom stereocenters. The molecule has 1 heterocycles. The quantitative estimate of drug-likeness (QED) is 0.497. The predicted molar refractivity (Wildman–Crippen MR) is 41.0 cm³/mol. The monoisotopic (exact) mass is 154 g/mol. The zero-order valence-corrected chi connectivity index (χ0v) is 6.88. The van der Waals surface area contributed by atoms with Crippen molar-refractivity contribution in [2.24, 2.45) is 11.8 Å². The van der Waals surface area contributed by atoms with E-state index in [2.05, 4.69) is 6.92 Å². The summed E-state index contributed by atoms with van der Waals surface area (Å²) in [6.45, 7) is 2.21. The third kappa shape index (κ3) is 1.15. The lowest BCUT2D eigenvalue weighted by atomic mass is 9.93. The fourth-order valence-corrected chi connectivity index (χ4v) is 2.31. The number of rotatable bonds is 0. The Labute approximate surface area is 66.9 Å². The van der Waals surface area contributed by atoms with Gasteiger partial charge in [0, 0.05) is 6.42 Å². The van der Waals surface area contributed by atoms with Crippen molar-refractivity contribution >= 4 is 5.97 Å². The minimum Gasteiger partial charge on any atom is -0.462 e. The van der Waals surface area contributed by atoms with Gasteiger partial charge in [-0.05, 0) is 31.1 Å². The van der Waals surface area contributed by atoms with Gasteiger partial charge in [-0.2, -0.15) is 0 Å². The molecule has 0 N–H and O–H groups in total. The van der Waals surface area contributed by atoms with Crippen LogP contribution in [-0.2, 0) is 9.53 Å². The topological polar surface area (TPSA) is 26.3 Å². The number of esters is 1. The van der Waals surface area contributed by atoms with Gasteiger partial charge in [0.25, 0.3) is 0 Å². The second-order valence-electron chi connectivity index (χ2n) is 3.76. The molecule has 2 aliphatic rings. The van der Waals surface area contributed by atoms with E-state index in [1.807, 2.05) is 0 Å². The smallest absolute Gasteiger partial charge is 0.306 e. The summed E-state index contributed by atoms with van der Waals surface area (Å²) in [6.07, 6.45) is 4.30. The van der Waals surface area contributed by atoms with Gasteiger partial charge in [-0.15, -0.1) is 0 Å². The minimum absolute atomic E-state index is 0.0176. The summed E-state index contributed by atoms with van der Waals surface area (Å²) in [7, 11) is 0.